The fourth-order valence-electron chi connectivity index (χ4n) is 2.54. The third kappa shape index (κ3) is 2.43. The first-order valence-corrected chi connectivity index (χ1v) is 7.05. The number of carbonyl (C=O) groups excluding carboxylic acids is 1. The van der Waals surface area contributed by atoms with E-state index >= 15 is 0 Å². The maximum absolute atomic E-state index is 13.3. The van der Waals surface area contributed by atoms with Gasteiger partial charge in [-0.25, -0.2) is 4.39 Å². The van der Waals surface area contributed by atoms with E-state index in [1.807, 2.05) is 30.3 Å². The number of halogens is 1. The van der Waals surface area contributed by atoms with E-state index in [9.17, 15) is 14.3 Å². The Labute approximate surface area is 127 Å². The fraction of sp³-hybridized carbons (Fsp3) is 0.188. The molecule has 108 valence electrons. The fourth-order valence-corrected chi connectivity index (χ4v) is 2.84. The van der Waals surface area contributed by atoms with Gasteiger partial charge in [0.2, 0.25) is 4.93 Å². The molecule has 2 aromatic rings. The van der Waals surface area contributed by atoms with Crippen LogP contribution in [0.1, 0.15) is 11.1 Å². The normalized spacial score (nSPS) is 20.7. The van der Waals surface area contributed by atoms with E-state index in [2.05, 4.69) is 12.6 Å². The van der Waals surface area contributed by atoms with Crippen LogP contribution in [0.3, 0.4) is 0 Å². The summed E-state index contributed by atoms with van der Waals surface area (Å²) in [4.78, 5) is 11.8. The molecule has 0 bridgehead atoms. The monoisotopic (exact) mass is 303 g/mol. The van der Waals surface area contributed by atoms with E-state index < -0.39 is 16.7 Å². The largest absolute Gasteiger partial charge is 0.367 e. The lowest BCUT2D eigenvalue weighted by atomic mass is 10.1. The number of hydrogen-bond donors (Lipinski definition) is 2. The van der Waals surface area contributed by atoms with Crippen LogP contribution < -0.4 is 4.90 Å². The smallest absolute Gasteiger partial charge is 0.274 e. The van der Waals surface area contributed by atoms with Gasteiger partial charge < -0.3 is 10.0 Å². The molecular weight excluding hydrogens is 289 g/mol. The second kappa shape index (κ2) is 5.16. The summed E-state index contributed by atoms with van der Waals surface area (Å²) < 4.78 is 13.3. The third-order valence-corrected chi connectivity index (χ3v) is 4.07. The number of hydrogen-bond acceptors (Lipinski definition) is 3. The SMILES string of the molecule is O=C1N(CCc2ccccc2)c2ccc(F)cc2[C@@]1(O)S. The Bertz CT molecular complexity index is 688. The van der Waals surface area contributed by atoms with Crippen molar-refractivity contribution in [1.29, 1.82) is 0 Å². The number of nitrogens with zero attached hydrogens (tertiary/aromatic N) is 1. The van der Waals surface area contributed by atoms with E-state index in [-0.39, 0.29) is 5.56 Å². The van der Waals surface area contributed by atoms with Crippen LogP contribution >= 0.6 is 12.6 Å². The Morgan fingerprint density at radius 1 is 1.19 bits per heavy atom. The predicted octanol–water partition coefficient (Wildman–Crippen LogP) is 2.49. The number of rotatable bonds is 3. The van der Waals surface area contributed by atoms with E-state index in [1.54, 1.807) is 0 Å². The van der Waals surface area contributed by atoms with Crippen molar-refractivity contribution in [2.75, 3.05) is 11.4 Å². The van der Waals surface area contributed by atoms with Crippen LogP contribution in [-0.2, 0) is 16.1 Å². The summed E-state index contributed by atoms with van der Waals surface area (Å²) in [6.45, 7) is 0.407. The highest BCUT2D eigenvalue weighted by Gasteiger charge is 2.47. The zero-order chi connectivity index (χ0) is 15.0. The van der Waals surface area contributed by atoms with E-state index in [1.165, 1.54) is 17.0 Å². The highest BCUT2D eigenvalue weighted by molar-refractivity contribution is 7.82. The average molecular weight is 303 g/mol. The molecule has 3 rings (SSSR count). The molecule has 1 heterocycles. The van der Waals surface area contributed by atoms with Crippen molar-refractivity contribution in [1.82, 2.24) is 0 Å². The molecule has 0 spiro atoms. The van der Waals surface area contributed by atoms with Crippen LogP contribution in [0.2, 0.25) is 0 Å². The Balaban J connectivity index is 1.89. The van der Waals surface area contributed by atoms with Gasteiger partial charge in [0, 0.05) is 12.1 Å². The molecule has 0 aliphatic carbocycles. The molecule has 0 saturated carbocycles. The highest BCUT2D eigenvalue weighted by Crippen LogP contribution is 2.42. The van der Waals surface area contributed by atoms with Gasteiger partial charge in [0.1, 0.15) is 5.82 Å². The molecule has 1 atom stereocenters. The number of benzene rings is 2. The van der Waals surface area contributed by atoms with E-state index in [4.69, 9.17) is 0 Å². The topological polar surface area (TPSA) is 40.5 Å². The van der Waals surface area contributed by atoms with Crippen LogP contribution in [0.5, 0.6) is 0 Å². The Morgan fingerprint density at radius 2 is 1.90 bits per heavy atom. The molecular formula is C16H14FNO2S. The molecule has 2 aromatic carbocycles. The first-order chi connectivity index (χ1) is 10.00. The molecule has 0 unspecified atom stereocenters. The standard InChI is InChI=1S/C16H14FNO2S/c17-12-6-7-14-13(10-12)16(20,21)15(19)18(14)9-8-11-4-2-1-3-5-11/h1-7,10,20-21H,8-9H2/t16-/m1/s1. The lowest BCUT2D eigenvalue weighted by Gasteiger charge is -2.19. The Kier molecular flexibility index (Phi) is 3.47. The van der Waals surface area contributed by atoms with Gasteiger partial charge in [-0.15, -0.1) is 12.6 Å². The number of anilines is 1. The number of amides is 1. The minimum Gasteiger partial charge on any atom is -0.367 e. The van der Waals surface area contributed by atoms with Gasteiger partial charge >= 0.3 is 0 Å². The van der Waals surface area contributed by atoms with Crippen LogP contribution in [0, 0.1) is 5.82 Å². The summed E-state index contributed by atoms with van der Waals surface area (Å²) in [5.41, 5.74) is 1.79. The van der Waals surface area contributed by atoms with E-state index in [0.717, 1.165) is 11.6 Å². The van der Waals surface area contributed by atoms with Crippen molar-refractivity contribution in [3.63, 3.8) is 0 Å². The lowest BCUT2D eigenvalue weighted by Crippen LogP contribution is -2.37. The first kappa shape index (κ1) is 14.1. The van der Waals surface area contributed by atoms with Crippen LogP contribution in [-0.4, -0.2) is 17.6 Å². The van der Waals surface area contributed by atoms with Gasteiger partial charge in [-0.05, 0) is 30.2 Å². The number of aliphatic hydroxyl groups is 1. The van der Waals surface area contributed by atoms with Crippen molar-refractivity contribution >= 4 is 24.2 Å². The zero-order valence-electron chi connectivity index (χ0n) is 11.2. The number of carbonyl (C=O) groups is 1. The van der Waals surface area contributed by atoms with E-state index in [0.29, 0.717) is 18.7 Å². The number of fused-ring (bicyclic) bond motifs is 1. The van der Waals surface area contributed by atoms with Gasteiger partial charge in [0.25, 0.3) is 5.91 Å². The molecule has 0 saturated heterocycles. The quantitative estimate of drug-likeness (QED) is 0.675. The Hall–Kier alpha value is -1.85. The summed E-state index contributed by atoms with van der Waals surface area (Å²) in [6, 6.07) is 13.7. The molecule has 0 aromatic heterocycles. The van der Waals surface area contributed by atoms with Crippen LogP contribution in [0.4, 0.5) is 10.1 Å². The Morgan fingerprint density at radius 3 is 2.62 bits per heavy atom. The van der Waals surface area contributed by atoms with Gasteiger partial charge in [-0.1, -0.05) is 30.3 Å². The molecule has 5 heteroatoms. The molecule has 1 aliphatic heterocycles. The molecule has 1 N–H and O–H groups in total. The third-order valence-electron chi connectivity index (χ3n) is 3.64. The molecule has 3 nitrogen and oxygen atoms in total. The van der Waals surface area contributed by atoms with Crippen molar-refractivity contribution in [3.8, 4) is 0 Å². The molecule has 21 heavy (non-hydrogen) atoms. The summed E-state index contributed by atoms with van der Waals surface area (Å²) in [7, 11) is 0. The van der Waals surface area contributed by atoms with Gasteiger partial charge in [-0.3, -0.25) is 4.79 Å². The summed E-state index contributed by atoms with van der Waals surface area (Å²) in [6.07, 6.45) is 0.646. The zero-order valence-corrected chi connectivity index (χ0v) is 12.1. The van der Waals surface area contributed by atoms with Crippen molar-refractivity contribution in [2.24, 2.45) is 0 Å². The van der Waals surface area contributed by atoms with Gasteiger partial charge in [-0.2, -0.15) is 0 Å². The minimum atomic E-state index is -1.96. The summed E-state index contributed by atoms with van der Waals surface area (Å²) in [5.74, 6) is -1.04. The minimum absolute atomic E-state index is 0.198. The van der Waals surface area contributed by atoms with Crippen LogP contribution in [0.15, 0.2) is 48.5 Å². The van der Waals surface area contributed by atoms with Gasteiger partial charge in [0.05, 0.1) is 5.69 Å². The van der Waals surface area contributed by atoms with Crippen molar-refractivity contribution in [2.45, 2.75) is 11.4 Å². The number of thiol groups is 1. The second-order valence-electron chi connectivity index (χ2n) is 5.03. The molecule has 1 amide bonds. The summed E-state index contributed by atoms with van der Waals surface area (Å²) >= 11 is 4.01. The van der Waals surface area contributed by atoms with Crippen LogP contribution in [0.25, 0.3) is 0 Å². The maximum Gasteiger partial charge on any atom is 0.274 e. The summed E-state index contributed by atoms with van der Waals surface area (Å²) in [5, 5.41) is 10.2. The highest BCUT2D eigenvalue weighted by atomic mass is 32.1. The van der Waals surface area contributed by atoms with Crippen molar-refractivity contribution in [3.05, 3.63) is 65.5 Å². The molecule has 1 aliphatic rings. The molecule has 0 fully saturated rings. The molecule has 0 radical (unpaired) electrons. The second-order valence-corrected chi connectivity index (χ2v) is 5.67. The first-order valence-electron chi connectivity index (χ1n) is 6.61. The lowest BCUT2D eigenvalue weighted by molar-refractivity contribution is -0.128. The average Bonchev–Trinajstić information content (AvgIpc) is 2.66. The predicted molar refractivity (Wildman–Crippen MR) is 81.8 cm³/mol. The maximum atomic E-state index is 13.3. The van der Waals surface area contributed by atoms with Crippen molar-refractivity contribution < 1.29 is 14.3 Å². The van der Waals surface area contributed by atoms with Gasteiger partial charge in [0.15, 0.2) is 0 Å².